The molecule has 4 rings (SSSR count). The molecular formula is C22H26N2O2. The molecule has 0 spiro atoms. The Kier molecular flexibility index (Phi) is 4.93. The topological polar surface area (TPSA) is 32.8 Å². The molecule has 2 aliphatic heterocycles. The van der Waals surface area contributed by atoms with Gasteiger partial charge in [-0.05, 0) is 42.5 Å². The third-order valence-corrected chi connectivity index (χ3v) is 5.64. The Morgan fingerprint density at radius 2 is 1.85 bits per heavy atom. The van der Waals surface area contributed by atoms with Crippen molar-refractivity contribution in [3.05, 3.63) is 65.2 Å². The smallest absolute Gasteiger partial charge is 0.260 e. The third kappa shape index (κ3) is 3.61. The molecule has 4 heteroatoms. The van der Waals surface area contributed by atoms with E-state index in [0.717, 1.165) is 50.3 Å². The average Bonchev–Trinajstić information content (AvgIpc) is 3.17. The summed E-state index contributed by atoms with van der Waals surface area (Å²) >= 11 is 0. The van der Waals surface area contributed by atoms with E-state index in [2.05, 4.69) is 29.2 Å². The first-order valence-corrected chi connectivity index (χ1v) is 9.48. The SMILES string of the molecule is Cc1ccccc1OCC(=O)N1CCC(N2CCc3ccccc3C2)C1. The van der Waals surface area contributed by atoms with Gasteiger partial charge in [-0.1, -0.05) is 42.5 Å². The fourth-order valence-electron chi connectivity index (χ4n) is 4.04. The molecule has 0 N–H and O–H groups in total. The van der Waals surface area contributed by atoms with E-state index in [4.69, 9.17) is 4.74 Å². The second kappa shape index (κ2) is 7.50. The minimum absolute atomic E-state index is 0.0909. The summed E-state index contributed by atoms with van der Waals surface area (Å²) in [6, 6.07) is 17.0. The highest BCUT2D eigenvalue weighted by Gasteiger charge is 2.32. The molecule has 1 amide bonds. The van der Waals surface area contributed by atoms with Gasteiger partial charge in [-0.2, -0.15) is 0 Å². The van der Waals surface area contributed by atoms with Gasteiger partial charge in [0.05, 0.1) is 0 Å². The predicted octanol–water partition coefficient (Wildman–Crippen LogP) is 3.03. The zero-order chi connectivity index (χ0) is 17.9. The van der Waals surface area contributed by atoms with Crippen LogP contribution in [0.3, 0.4) is 0 Å². The van der Waals surface area contributed by atoms with Gasteiger partial charge in [0, 0.05) is 32.2 Å². The summed E-state index contributed by atoms with van der Waals surface area (Å²) in [5.41, 5.74) is 3.97. The normalized spacial score (nSPS) is 20.0. The van der Waals surface area contributed by atoms with Crippen LogP contribution in [0.25, 0.3) is 0 Å². The van der Waals surface area contributed by atoms with Crippen molar-refractivity contribution >= 4 is 5.91 Å². The highest BCUT2D eigenvalue weighted by Crippen LogP contribution is 2.24. The Labute approximate surface area is 155 Å². The summed E-state index contributed by atoms with van der Waals surface area (Å²) in [6.45, 7) is 5.86. The number of para-hydroxylation sites is 1. The van der Waals surface area contributed by atoms with Gasteiger partial charge in [0.25, 0.3) is 5.91 Å². The summed E-state index contributed by atoms with van der Waals surface area (Å²) < 4.78 is 5.73. The maximum absolute atomic E-state index is 12.5. The molecule has 4 nitrogen and oxygen atoms in total. The molecule has 2 aromatic rings. The average molecular weight is 350 g/mol. The summed E-state index contributed by atoms with van der Waals surface area (Å²) in [7, 11) is 0. The standard InChI is InChI=1S/C22H26N2O2/c1-17-6-2-5-9-21(17)26-16-22(25)24-13-11-20(15-24)23-12-10-18-7-3-4-8-19(18)14-23/h2-9,20H,10-16H2,1H3. The quantitative estimate of drug-likeness (QED) is 0.850. The van der Waals surface area contributed by atoms with Crippen molar-refractivity contribution in [1.29, 1.82) is 0 Å². The Morgan fingerprint density at radius 1 is 1.08 bits per heavy atom. The van der Waals surface area contributed by atoms with Gasteiger partial charge in [-0.25, -0.2) is 0 Å². The molecule has 2 heterocycles. The predicted molar refractivity (Wildman–Crippen MR) is 102 cm³/mol. The second-order valence-corrected chi connectivity index (χ2v) is 7.33. The number of rotatable bonds is 4. The first-order valence-electron chi connectivity index (χ1n) is 9.48. The van der Waals surface area contributed by atoms with E-state index in [9.17, 15) is 4.79 Å². The first-order chi connectivity index (χ1) is 12.7. The van der Waals surface area contributed by atoms with Crippen LogP contribution in [-0.4, -0.2) is 48.0 Å². The summed E-state index contributed by atoms with van der Waals surface area (Å²) in [5, 5.41) is 0. The zero-order valence-corrected chi connectivity index (χ0v) is 15.4. The summed E-state index contributed by atoms with van der Waals surface area (Å²) in [6.07, 6.45) is 2.16. The number of fused-ring (bicyclic) bond motifs is 1. The number of hydrogen-bond acceptors (Lipinski definition) is 3. The van der Waals surface area contributed by atoms with E-state index >= 15 is 0 Å². The van der Waals surface area contributed by atoms with Crippen LogP contribution in [0, 0.1) is 6.92 Å². The Bertz CT molecular complexity index is 789. The number of hydrogen-bond donors (Lipinski definition) is 0. The molecule has 2 aromatic carbocycles. The van der Waals surface area contributed by atoms with Crippen LogP contribution in [0.15, 0.2) is 48.5 Å². The minimum Gasteiger partial charge on any atom is -0.484 e. The van der Waals surface area contributed by atoms with Crippen molar-refractivity contribution in [2.75, 3.05) is 26.2 Å². The monoisotopic (exact) mass is 350 g/mol. The lowest BCUT2D eigenvalue weighted by atomic mass is 9.98. The van der Waals surface area contributed by atoms with E-state index in [1.807, 2.05) is 36.1 Å². The number of amides is 1. The number of ether oxygens (including phenoxy) is 1. The summed E-state index contributed by atoms with van der Waals surface area (Å²) in [4.78, 5) is 17.0. The molecule has 1 unspecified atom stereocenters. The van der Waals surface area contributed by atoms with Crippen molar-refractivity contribution in [3.8, 4) is 5.75 Å². The number of likely N-dealkylation sites (tertiary alicyclic amines) is 1. The van der Waals surface area contributed by atoms with E-state index in [-0.39, 0.29) is 12.5 Å². The Balaban J connectivity index is 1.31. The minimum atomic E-state index is 0.0909. The van der Waals surface area contributed by atoms with E-state index in [1.54, 1.807) is 0 Å². The highest BCUT2D eigenvalue weighted by molar-refractivity contribution is 5.78. The van der Waals surface area contributed by atoms with Gasteiger partial charge in [0.15, 0.2) is 6.61 Å². The fraction of sp³-hybridized carbons (Fsp3) is 0.409. The summed E-state index contributed by atoms with van der Waals surface area (Å²) in [5.74, 6) is 0.886. The van der Waals surface area contributed by atoms with Gasteiger partial charge in [0.1, 0.15) is 5.75 Å². The van der Waals surface area contributed by atoms with Gasteiger partial charge in [0.2, 0.25) is 0 Å². The number of carbonyl (C=O) groups excluding carboxylic acids is 1. The van der Waals surface area contributed by atoms with Gasteiger partial charge >= 0.3 is 0 Å². The van der Waals surface area contributed by atoms with Gasteiger partial charge in [-0.3, -0.25) is 9.69 Å². The van der Waals surface area contributed by atoms with Crippen molar-refractivity contribution in [1.82, 2.24) is 9.80 Å². The lowest BCUT2D eigenvalue weighted by Gasteiger charge is -2.33. The lowest BCUT2D eigenvalue weighted by Crippen LogP contribution is -2.42. The second-order valence-electron chi connectivity index (χ2n) is 7.33. The molecule has 0 aliphatic carbocycles. The Hall–Kier alpha value is -2.33. The van der Waals surface area contributed by atoms with Crippen LogP contribution in [0.5, 0.6) is 5.75 Å². The van der Waals surface area contributed by atoms with Crippen LogP contribution >= 0.6 is 0 Å². The molecule has 1 fully saturated rings. The van der Waals surface area contributed by atoms with Gasteiger partial charge in [-0.15, -0.1) is 0 Å². The van der Waals surface area contributed by atoms with Crippen LogP contribution < -0.4 is 4.74 Å². The molecule has 1 saturated heterocycles. The van der Waals surface area contributed by atoms with Crippen molar-refractivity contribution < 1.29 is 9.53 Å². The zero-order valence-electron chi connectivity index (χ0n) is 15.4. The first kappa shape index (κ1) is 17.1. The van der Waals surface area contributed by atoms with Crippen molar-refractivity contribution in [2.24, 2.45) is 0 Å². The molecule has 0 aromatic heterocycles. The molecule has 26 heavy (non-hydrogen) atoms. The van der Waals surface area contributed by atoms with Crippen LogP contribution in [0.1, 0.15) is 23.1 Å². The molecule has 2 aliphatic rings. The van der Waals surface area contributed by atoms with E-state index < -0.39 is 0 Å². The van der Waals surface area contributed by atoms with E-state index in [0.29, 0.717) is 6.04 Å². The van der Waals surface area contributed by atoms with Crippen LogP contribution in [0.4, 0.5) is 0 Å². The lowest BCUT2D eigenvalue weighted by molar-refractivity contribution is -0.132. The van der Waals surface area contributed by atoms with Gasteiger partial charge < -0.3 is 9.64 Å². The molecule has 1 atom stereocenters. The Morgan fingerprint density at radius 3 is 2.69 bits per heavy atom. The molecule has 0 saturated carbocycles. The van der Waals surface area contributed by atoms with Crippen molar-refractivity contribution in [2.45, 2.75) is 32.4 Å². The third-order valence-electron chi connectivity index (χ3n) is 5.64. The number of nitrogens with zero attached hydrogens (tertiary/aromatic N) is 2. The fourth-order valence-corrected chi connectivity index (χ4v) is 4.04. The highest BCUT2D eigenvalue weighted by atomic mass is 16.5. The van der Waals surface area contributed by atoms with Crippen LogP contribution in [-0.2, 0) is 17.8 Å². The maximum atomic E-state index is 12.5. The van der Waals surface area contributed by atoms with Crippen molar-refractivity contribution in [3.63, 3.8) is 0 Å². The number of aryl methyl sites for hydroxylation is 1. The molecule has 0 radical (unpaired) electrons. The van der Waals surface area contributed by atoms with E-state index in [1.165, 1.54) is 11.1 Å². The molecular weight excluding hydrogens is 324 g/mol. The number of carbonyl (C=O) groups is 1. The number of benzene rings is 2. The maximum Gasteiger partial charge on any atom is 0.260 e. The largest absolute Gasteiger partial charge is 0.484 e. The van der Waals surface area contributed by atoms with Crippen LogP contribution in [0.2, 0.25) is 0 Å². The molecule has 136 valence electrons. The molecule has 0 bridgehead atoms.